The van der Waals surface area contributed by atoms with Crippen molar-refractivity contribution >= 4 is 45.0 Å². The van der Waals surface area contributed by atoms with Crippen LogP contribution >= 0.6 is 11.6 Å². The van der Waals surface area contributed by atoms with Crippen molar-refractivity contribution in [2.45, 2.75) is 43.4 Å². The number of nitriles is 1. The molecule has 1 aromatic heterocycles. The number of anilines is 1. The molecule has 3 atom stereocenters. The van der Waals surface area contributed by atoms with Crippen molar-refractivity contribution < 1.29 is 18.3 Å². The maximum Gasteiger partial charge on any atom is 0.319 e. The van der Waals surface area contributed by atoms with E-state index in [0.29, 0.717) is 49.3 Å². The molecule has 236 valence electrons. The molecule has 0 bridgehead atoms. The zero-order valence-electron chi connectivity index (χ0n) is 25.3. The number of hydrogen-bond acceptors (Lipinski definition) is 7. The zero-order chi connectivity index (χ0) is 32.0. The second-order valence-electron chi connectivity index (χ2n) is 12.4. The van der Waals surface area contributed by atoms with E-state index in [9.17, 15) is 18.8 Å². The first-order chi connectivity index (χ1) is 22.3. The van der Waals surface area contributed by atoms with Gasteiger partial charge in [-0.15, -0.1) is 0 Å². The number of rotatable bonds is 7. The Bertz CT molecular complexity index is 1900. The summed E-state index contributed by atoms with van der Waals surface area (Å²) in [6.45, 7) is 6.42. The maximum absolute atomic E-state index is 14.6. The van der Waals surface area contributed by atoms with Crippen LogP contribution in [0.4, 0.5) is 14.6 Å². The van der Waals surface area contributed by atoms with Crippen molar-refractivity contribution in [2.24, 2.45) is 0 Å². The molecule has 3 aromatic carbocycles. The van der Waals surface area contributed by atoms with E-state index < -0.39 is 12.0 Å². The van der Waals surface area contributed by atoms with Crippen LogP contribution in [0, 0.1) is 17.1 Å². The minimum atomic E-state index is -0.886. The Morgan fingerprint density at radius 3 is 2.87 bits per heavy atom. The van der Waals surface area contributed by atoms with Crippen LogP contribution in [0.15, 0.2) is 61.2 Å². The van der Waals surface area contributed by atoms with Gasteiger partial charge in [0.25, 0.3) is 0 Å². The minimum absolute atomic E-state index is 0.0548. The lowest BCUT2D eigenvalue weighted by Crippen LogP contribution is -2.55. The van der Waals surface area contributed by atoms with Crippen molar-refractivity contribution in [2.75, 3.05) is 44.2 Å². The number of hydrogen-bond donors (Lipinski definition) is 0. The van der Waals surface area contributed by atoms with E-state index in [1.54, 1.807) is 11.0 Å². The molecule has 3 saturated heterocycles. The monoisotopic (exact) mass is 642 g/mol. The highest BCUT2D eigenvalue weighted by Gasteiger charge is 2.49. The Balaban J connectivity index is 1.31. The van der Waals surface area contributed by atoms with E-state index in [1.165, 1.54) is 12.1 Å². The summed E-state index contributed by atoms with van der Waals surface area (Å²) in [5.74, 6) is -0.0846. The number of ether oxygens (including phenoxy) is 1. The lowest BCUT2D eigenvalue weighted by Gasteiger charge is -2.41. The molecular weight excluding hydrogens is 610 g/mol. The van der Waals surface area contributed by atoms with E-state index in [1.807, 2.05) is 36.4 Å². The number of fused-ring (bicyclic) bond motifs is 3. The van der Waals surface area contributed by atoms with Gasteiger partial charge in [0.15, 0.2) is 0 Å². The van der Waals surface area contributed by atoms with E-state index in [2.05, 4.69) is 22.4 Å². The fraction of sp³-hybridized carbons (Fsp3) is 0.371. The molecule has 4 heterocycles. The summed E-state index contributed by atoms with van der Waals surface area (Å²) >= 11 is 6.48. The van der Waals surface area contributed by atoms with Crippen LogP contribution < -0.4 is 9.64 Å². The second-order valence-corrected chi connectivity index (χ2v) is 12.8. The number of carbonyl (C=O) groups is 1. The van der Waals surface area contributed by atoms with Gasteiger partial charge in [0, 0.05) is 43.4 Å². The predicted octanol–water partition coefficient (Wildman–Crippen LogP) is 6.31. The van der Waals surface area contributed by atoms with E-state index >= 15 is 0 Å². The standard InChI is InChI=1S/C35H33ClF2N6O2/c1-2-30(45)44-16-15-42(20-25(44)11-13-39)33-27-9-7-23(26-6-3-5-22-8-10-28(38)32(36)31(22)26)17-29(27)40-34(41-33)46-21-35-12-4-14-43(35)19-24(37)18-35/h2-3,5-10,17,24-25H,1,4,11-12,14-16,18-21H2/t24-,25+,35+/m1/s1. The highest BCUT2D eigenvalue weighted by atomic mass is 35.5. The first-order valence-corrected chi connectivity index (χ1v) is 15.9. The van der Waals surface area contributed by atoms with Crippen molar-refractivity contribution in [3.63, 3.8) is 0 Å². The largest absolute Gasteiger partial charge is 0.461 e. The van der Waals surface area contributed by atoms with Crippen LogP contribution in [0.5, 0.6) is 6.01 Å². The molecule has 7 rings (SSSR count). The van der Waals surface area contributed by atoms with Gasteiger partial charge < -0.3 is 14.5 Å². The third-order valence-electron chi connectivity index (χ3n) is 9.70. The lowest BCUT2D eigenvalue weighted by atomic mass is 9.95. The molecule has 46 heavy (non-hydrogen) atoms. The zero-order valence-corrected chi connectivity index (χ0v) is 26.0. The first kappa shape index (κ1) is 30.3. The highest BCUT2D eigenvalue weighted by molar-refractivity contribution is 6.36. The SMILES string of the molecule is C=CC(=O)N1CCN(c2nc(OC[C@@]34CCCN3C[C@H](F)C4)nc3cc(-c4cccc5ccc(F)c(Cl)c45)ccc23)C[C@@H]1CC#N. The maximum atomic E-state index is 14.6. The Hall–Kier alpha value is -4.33. The molecule has 11 heteroatoms. The normalized spacial score (nSPS) is 23.1. The van der Waals surface area contributed by atoms with Crippen LogP contribution in [0.3, 0.4) is 0 Å². The van der Waals surface area contributed by atoms with E-state index in [0.717, 1.165) is 41.3 Å². The molecule has 3 aliphatic heterocycles. The number of carbonyl (C=O) groups excluding carboxylic acids is 1. The van der Waals surface area contributed by atoms with E-state index in [-0.39, 0.29) is 41.5 Å². The second kappa shape index (κ2) is 12.1. The molecule has 0 saturated carbocycles. The van der Waals surface area contributed by atoms with Crippen LogP contribution in [0.25, 0.3) is 32.8 Å². The molecule has 0 unspecified atom stereocenters. The topological polar surface area (TPSA) is 85.6 Å². The molecule has 3 aliphatic rings. The van der Waals surface area contributed by atoms with Gasteiger partial charge in [-0.05, 0) is 60.2 Å². The Morgan fingerprint density at radius 1 is 1.17 bits per heavy atom. The summed E-state index contributed by atoms with van der Waals surface area (Å²) in [5, 5.41) is 11.8. The number of benzene rings is 3. The van der Waals surface area contributed by atoms with E-state index in [4.69, 9.17) is 26.3 Å². The van der Waals surface area contributed by atoms with Crippen LogP contribution in [0.2, 0.25) is 5.02 Å². The number of halogens is 3. The van der Waals surface area contributed by atoms with Gasteiger partial charge in [-0.1, -0.05) is 48.5 Å². The Labute approximate surface area is 270 Å². The molecule has 1 amide bonds. The van der Waals surface area contributed by atoms with Gasteiger partial charge in [-0.3, -0.25) is 9.69 Å². The fourth-order valence-corrected chi connectivity index (χ4v) is 7.77. The summed E-state index contributed by atoms with van der Waals surface area (Å²) in [6, 6.07) is 16.6. The summed E-state index contributed by atoms with van der Waals surface area (Å²) in [7, 11) is 0. The van der Waals surface area contributed by atoms with Crippen LogP contribution in [-0.2, 0) is 4.79 Å². The first-order valence-electron chi connectivity index (χ1n) is 15.6. The van der Waals surface area contributed by atoms with Crippen LogP contribution in [0.1, 0.15) is 25.7 Å². The van der Waals surface area contributed by atoms with Crippen LogP contribution in [-0.4, -0.2) is 82.8 Å². The highest BCUT2D eigenvalue weighted by Crippen LogP contribution is 2.41. The summed E-state index contributed by atoms with van der Waals surface area (Å²) < 4.78 is 35.4. The van der Waals surface area contributed by atoms with Crippen molar-refractivity contribution in [3.05, 3.63) is 72.0 Å². The van der Waals surface area contributed by atoms with Gasteiger partial charge in [0.05, 0.1) is 34.6 Å². The number of amides is 1. The molecule has 0 N–H and O–H groups in total. The number of aromatic nitrogens is 2. The van der Waals surface area contributed by atoms with Gasteiger partial charge in [0.2, 0.25) is 5.91 Å². The molecule has 4 aromatic rings. The van der Waals surface area contributed by atoms with Crippen molar-refractivity contribution in [1.82, 2.24) is 19.8 Å². The Morgan fingerprint density at radius 2 is 2.04 bits per heavy atom. The van der Waals surface area contributed by atoms with Gasteiger partial charge in [-0.2, -0.15) is 15.2 Å². The summed E-state index contributed by atoms with van der Waals surface area (Å²) in [4.78, 5) is 28.2. The average molecular weight is 643 g/mol. The molecule has 0 radical (unpaired) electrons. The summed E-state index contributed by atoms with van der Waals surface area (Å²) in [5.41, 5.74) is 1.79. The summed E-state index contributed by atoms with van der Waals surface area (Å²) in [6.07, 6.45) is 2.81. The Kier molecular flexibility index (Phi) is 7.99. The molecular formula is C35H33ClF2N6O2. The van der Waals surface area contributed by atoms with Gasteiger partial charge >= 0.3 is 6.01 Å². The molecule has 8 nitrogen and oxygen atoms in total. The van der Waals surface area contributed by atoms with Gasteiger partial charge in [-0.25, -0.2) is 8.78 Å². The lowest BCUT2D eigenvalue weighted by molar-refractivity contribution is -0.128. The molecule has 3 fully saturated rings. The minimum Gasteiger partial charge on any atom is -0.461 e. The fourth-order valence-electron chi connectivity index (χ4n) is 7.50. The average Bonchev–Trinajstić information content (AvgIpc) is 3.60. The van der Waals surface area contributed by atoms with Crippen molar-refractivity contribution in [1.29, 1.82) is 5.26 Å². The number of nitrogens with zero attached hydrogens (tertiary/aromatic N) is 6. The third kappa shape index (κ3) is 5.31. The predicted molar refractivity (Wildman–Crippen MR) is 174 cm³/mol. The molecule has 0 aliphatic carbocycles. The third-order valence-corrected chi connectivity index (χ3v) is 10.1. The smallest absolute Gasteiger partial charge is 0.319 e. The van der Waals surface area contributed by atoms with Gasteiger partial charge in [0.1, 0.15) is 24.4 Å². The molecule has 0 spiro atoms. The number of alkyl halides is 1. The quantitative estimate of drug-likeness (QED) is 0.218. The number of piperazine rings is 1. The van der Waals surface area contributed by atoms with Crippen molar-refractivity contribution in [3.8, 4) is 23.2 Å².